The zero-order valence-corrected chi connectivity index (χ0v) is 18.4. The molecule has 0 radical (unpaired) electrons. The average molecular weight is 452 g/mol. The lowest BCUT2D eigenvalue weighted by atomic mass is 10.1. The second kappa shape index (κ2) is 8.51. The maximum absolute atomic E-state index is 11.9. The molecule has 2 aromatic heterocycles. The van der Waals surface area contributed by atoms with Gasteiger partial charge >= 0.3 is 0 Å². The number of hydrogen-bond donors (Lipinski definition) is 1. The molecule has 1 unspecified atom stereocenters. The van der Waals surface area contributed by atoms with Gasteiger partial charge in [-0.15, -0.1) is 11.3 Å². The van der Waals surface area contributed by atoms with Crippen LogP contribution in [0.4, 0.5) is 5.82 Å². The van der Waals surface area contributed by atoms with Gasteiger partial charge in [-0.1, -0.05) is 23.7 Å². The summed E-state index contributed by atoms with van der Waals surface area (Å²) in [7, 11) is 0. The smallest absolute Gasteiger partial charge is 0.138 e. The van der Waals surface area contributed by atoms with E-state index >= 15 is 0 Å². The van der Waals surface area contributed by atoms with Gasteiger partial charge in [0.1, 0.15) is 18.4 Å². The van der Waals surface area contributed by atoms with Crippen LogP contribution in [0.1, 0.15) is 10.4 Å². The Kier molecular flexibility index (Phi) is 5.58. The first-order valence-electron chi connectivity index (χ1n) is 10.2. The third-order valence-electron chi connectivity index (χ3n) is 5.80. The summed E-state index contributed by atoms with van der Waals surface area (Å²) in [4.78, 5) is 26.1. The number of aromatic nitrogens is 2. The molecular formula is C23H22ClN5OS. The molecule has 2 aromatic carbocycles. The molecule has 1 aliphatic heterocycles. The maximum Gasteiger partial charge on any atom is 0.138 e. The van der Waals surface area contributed by atoms with E-state index in [1.807, 2.05) is 30.3 Å². The van der Waals surface area contributed by atoms with E-state index in [0.717, 1.165) is 54.0 Å². The van der Waals surface area contributed by atoms with Crippen LogP contribution in [-0.2, 0) is 17.9 Å². The number of anilines is 1. The Morgan fingerprint density at radius 1 is 1.13 bits per heavy atom. The van der Waals surface area contributed by atoms with Crippen molar-refractivity contribution in [1.29, 1.82) is 0 Å². The van der Waals surface area contributed by atoms with Crippen LogP contribution >= 0.6 is 22.9 Å². The van der Waals surface area contributed by atoms with Gasteiger partial charge in [-0.25, -0.2) is 9.97 Å². The molecule has 1 atom stereocenters. The van der Waals surface area contributed by atoms with Gasteiger partial charge in [0.2, 0.25) is 0 Å². The van der Waals surface area contributed by atoms with E-state index in [0.29, 0.717) is 12.4 Å². The summed E-state index contributed by atoms with van der Waals surface area (Å²) in [6.45, 7) is 4.03. The number of nitrogens with two attached hydrogens (primary N) is 1. The molecule has 5 rings (SSSR count). The first-order chi connectivity index (χ1) is 15.1. The van der Waals surface area contributed by atoms with Gasteiger partial charge in [0.05, 0.1) is 11.6 Å². The Hall–Kier alpha value is -2.58. The van der Waals surface area contributed by atoms with Crippen molar-refractivity contribution in [1.82, 2.24) is 19.8 Å². The van der Waals surface area contributed by atoms with Crippen LogP contribution in [0, 0.1) is 0 Å². The molecule has 0 bridgehead atoms. The van der Waals surface area contributed by atoms with Crippen LogP contribution in [0.15, 0.2) is 48.8 Å². The van der Waals surface area contributed by atoms with E-state index < -0.39 is 0 Å². The number of carbonyl (C=O) groups excluding carboxylic acids is 1. The van der Waals surface area contributed by atoms with Gasteiger partial charge in [0.15, 0.2) is 0 Å². The van der Waals surface area contributed by atoms with Gasteiger partial charge in [-0.3, -0.25) is 9.80 Å². The van der Waals surface area contributed by atoms with E-state index in [9.17, 15) is 4.79 Å². The summed E-state index contributed by atoms with van der Waals surface area (Å²) in [6, 6.07) is 14.1. The summed E-state index contributed by atoms with van der Waals surface area (Å²) < 4.78 is 1.20. The molecule has 6 nitrogen and oxygen atoms in total. The molecule has 31 heavy (non-hydrogen) atoms. The minimum Gasteiger partial charge on any atom is -0.383 e. The van der Waals surface area contributed by atoms with Gasteiger partial charge < -0.3 is 10.5 Å². The number of piperazine rings is 1. The number of nitrogen functional groups attached to an aromatic ring is 1. The molecule has 0 saturated carbocycles. The topological polar surface area (TPSA) is 75.3 Å². The van der Waals surface area contributed by atoms with Crippen molar-refractivity contribution in [3.05, 3.63) is 64.3 Å². The number of carbonyl (C=O) groups is 1. The first kappa shape index (κ1) is 20.3. The molecule has 0 amide bonds. The molecular weight excluding hydrogens is 430 g/mol. The zero-order chi connectivity index (χ0) is 21.4. The fraction of sp³-hybridized carbons (Fsp3) is 0.261. The zero-order valence-electron chi connectivity index (χ0n) is 16.9. The van der Waals surface area contributed by atoms with Crippen LogP contribution in [-0.4, -0.2) is 51.7 Å². The maximum atomic E-state index is 11.9. The SMILES string of the molecule is Nc1ncnc2cc(CN3CCN(Cc4cc5ccc(Cl)cc5s4)CC3C=O)ccc12. The third kappa shape index (κ3) is 4.27. The van der Waals surface area contributed by atoms with E-state index in [-0.39, 0.29) is 6.04 Å². The molecule has 1 aliphatic rings. The van der Waals surface area contributed by atoms with E-state index in [2.05, 4.69) is 31.9 Å². The van der Waals surface area contributed by atoms with Crippen molar-refractivity contribution >= 4 is 56.0 Å². The summed E-state index contributed by atoms with van der Waals surface area (Å²) in [5, 5.41) is 2.83. The second-order valence-corrected chi connectivity index (χ2v) is 9.52. The monoisotopic (exact) mass is 451 g/mol. The third-order valence-corrected chi connectivity index (χ3v) is 7.12. The number of thiophene rings is 1. The number of benzene rings is 2. The molecule has 8 heteroatoms. The highest BCUT2D eigenvalue weighted by molar-refractivity contribution is 7.19. The molecule has 2 N–H and O–H groups in total. The number of hydrogen-bond acceptors (Lipinski definition) is 7. The highest BCUT2D eigenvalue weighted by atomic mass is 35.5. The van der Waals surface area contributed by atoms with Crippen LogP contribution in [0.3, 0.4) is 0 Å². The molecule has 158 valence electrons. The van der Waals surface area contributed by atoms with Crippen molar-refractivity contribution in [2.45, 2.75) is 19.1 Å². The van der Waals surface area contributed by atoms with Crippen molar-refractivity contribution in [2.24, 2.45) is 0 Å². The van der Waals surface area contributed by atoms with Gasteiger partial charge in [0, 0.05) is 52.7 Å². The molecule has 1 saturated heterocycles. The lowest BCUT2D eigenvalue weighted by Gasteiger charge is -2.38. The minimum absolute atomic E-state index is 0.135. The first-order valence-corrected chi connectivity index (χ1v) is 11.4. The van der Waals surface area contributed by atoms with Crippen molar-refractivity contribution < 1.29 is 4.79 Å². The quantitative estimate of drug-likeness (QED) is 0.463. The second-order valence-electron chi connectivity index (χ2n) is 7.91. The fourth-order valence-electron chi connectivity index (χ4n) is 4.19. The van der Waals surface area contributed by atoms with E-state index in [4.69, 9.17) is 17.3 Å². The lowest BCUT2D eigenvalue weighted by Crippen LogP contribution is -2.52. The molecule has 3 heterocycles. The molecule has 0 spiro atoms. The van der Waals surface area contributed by atoms with Gasteiger partial charge in [-0.05, 0) is 41.3 Å². The van der Waals surface area contributed by atoms with E-state index in [1.165, 1.54) is 21.3 Å². The summed E-state index contributed by atoms with van der Waals surface area (Å²) in [6.07, 6.45) is 2.55. The van der Waals surface area contributed by atoms with E-state index in [1.54, 1.807) is 11.3 Å². The molecule has 1 fully saturated rings. The summed E-state index contributed by atoms with van der Waals surface area (Å²) in [5.74, 6) is 0.486. The van der Waals surface area contributed by atoms with Crippen molar-refractivity contribution in [3.8, 4) is 0 Å². The Bertz CT molecular complexity index is 1260. The number of fused-ring (bicyclic) bond motifs is 2. The average Bonchev–Trinajstić information content (AvgIpc) is 3.16. The van der Waals surface area contributed by atoms with Gasteiger partial charge in [0.25, 0.3) is 0 Å². The largest absolute Gasteiger partial charge is 0.383 e. The Labute approximate surface area is 189 Å². The fourth-order valence-corrected chi connectivity index (χ4v) is 5.57. The number of rotatable bonds is 5. The predicted octanol–water partition coefficient (Wildman–Crippen LogP) is 3.97. The normalized spacial score (nSPS) is 18.0. The van der Waals surface area contributed by atoms with Crippen LogP contribution in [0.2, 0.25) is 5.02 Å². The molecule has 4 aromatic rings. The Morgan fingerprint density at radius 3 is 2.90 bits per heavy atom. The minimum atomic E-state index is -0.135. The predicted molar refractivity (Wildman–Crippen MR) is 126 cm³/mol. The molecule has 0 aliphatic carbocycles. The van der Waals surface area contributed by atoms with Crippen LogP contribution in [0.25, 0.3) is 21.0 Å². The van der Waals surface area contributed by atoms with Crippen LogP contribution < -0.4 is 5.73 Å². The standard InChI is InChI=1S/C23H22ClN5OS/c24-17-3-2-16-8-19(31-22(16)9-17)12-28-5-6-29(18(11-28)13-30)10-15-1-4-20-21(7-15)26-14-27-23(20)25/h1-4,7-9,13-14,18H,5-6,10-12H2,(H2,25,26,27). The number of nitrogens with zero attached hydrogens (tertiary/aromatic N) is 4. The van der Waals surface area contributed by atoms with Crippen molar-refractivity contribution in [2.75, 3.05) is 25.4 Å². The van der Waals surface area contributed by atoms with Gasteiger partial charge in [-0.2, -0.15) is 0 Å². The summed E-state index contributed by atoms with van der Waals surface area (Å²) >= 11 is 7.89. The number of halogens is 1. The Balaban J connectivity index is 1.27. The Morgan fingerprint density at radius 2 is 2.03 bits per heavy atom. The summed E-state index contributed by atoms with van der Waals surface area (Å²) in [5.41, 5.74) is 7.87. The van der Waals surface area contributed by atoms with Crippen LogP contribution in [0.5, 0.6) is 0 Å². The lowest BCUT2D eigenvalue weighted by molar-refractivity contribution is -0.115. The highest BCUT2D eigenvalue weighted by Gasteiger charge is 2.27. The number of aldehydes is 1. The van der Waals surface area contributed by atoms with Crippen molar-refractivity contribution in [3.63, 3.8) is 0 Å². The highest BCUT2D eigenvalue weighted by Crippen LogP contribution is 2.29.